The van der Waals surface area contributed by atoms with E-state index < -0.39 is 0 Å². The van der Waals surface area contributed by atoms with Crippen molar-refractivity contribution in [2.45, 2.75) is 77.8 Å². The molecule has 5 aromatic rings. The van der Waals surface area contributed by atoms with E-state index in [0.717, 1.165) is 82.3 Å². The molecule has 1 saturated carbocycles. The number of likely N-dealkylation sites (tertiary alicyclic amines) is 2. The number of hydrogen-bond donors (Lipinski definition) is 2. The lowest BCUT2D eigenvalue weighted by Gasteiger charge is -2.28. The maximum absolute atomic E-state index is 13.5. The van der Waals surface area contributed by atoms with Crippen molar-refractivity contribution in [2.75, 3.05) is 13.1 Å². The number of hydrogen-bond acceptors (Lipinski definition) is 5. The van der Waals surface area contributed by atoms with Gasteiger partial charge >= 0.3 is 0 Å². The van der Waals surface area contributed by atoms with Gasteiger partial charge in [-0.15, -0.1) is 11.3 Å². The molecule has 13 heteroatoms. The lowest BCUT2D eigenvalue weighted by molar-refractivity contribution is -0.137. The van der Waals surface area contributed by atoms with Crippen LogP contribution >= 0.6 is 65.3 Å². The smallest absolute Gasteiger partial charge is 0.231 e. The highest BCUT2D eigenvalue weighted by molar-refractivity contribution is 7.59. The van der Waals surface area contributed by atoms with E-state index in [0.29, 0.717) is 5.92 Å². The highest BCUT2D eigenvalue weighted by Gasteiger charge is 2.54. The van der Waals surface area contributed by atoms with Crippen LogP contribution in [0.5, 0.6) is 0 Å². The van der Waals surface area contributed by atoms with Gasteiger partial charge in [0.25, 0.3) is 0 Å². The van der Waals surface area contributed by atoms with Gasteiger partial charge < -0.3 is 19.8 Å². The monoisotopic (exact) mass is 820 g/mol. The molecule has 54 heavy (non-hydrogen) atoms. The molecule has 1 spiro atoms. The number of thiophene rings is 1. The Morgan fingerprint density at radius 1 is 0.870 bits per heavy atom. The topological polar surface area (TPSA) is 98.0 Å². The summed E-state index contributed by atoms with van der Waals surface area (Å²) in [5.41, 5.74) is 5.91. The van der Waals surface area contributed by atoms with Crippen molar-refractivity contribution in [3.63, 3.8) is 0 Å². The number of carbonyl (C=O) groups excluding carboxylic acids is 2. The molecule has 2 amide bonds. The average Bonchev–Trinajstić information content (AvgIpc) is 3.79. The van der Waals surface area contributed by atoms with E-state index >= 15 is 0 Å². The number of fused-ring (bicyclic) bond motifs is 1. The molecule has 2 aliphatic heterocycles. The fourth-order valence-corrected chi connectivity index (χ4v) is 8.41. The predicted molar refractivity (Wildman–Crippen MR) is 239 cm³/mol. The van der Waals surface area contributed by atoms with E-state index in [-0.39, 0.29) is 95.1 Å². The van der Waals surface area contributed by atoms with E-state index in [2.05, 4.69) is 65.7 Å². The number of carbonyl (C=O) groups is 2. The maximum atomic E-state index is 13.5. The summed E-state index contributed by atoms with van der Waals surface area (Å²) in [5, 5.41) is 2.03. The van der Waals surface area contributed by atoms with E-state index in [4.69, 9.17) is 9.97 Å². The first-order valence-electron chi connectivity index (χ1n) is 18.0. The molecule has 8 nitrogen and oxygen atoms in total. The summed E-state index contributed by atoms with van der Waals surface area (Å²) >= 11 is 1.63. The summed E-state index contributed by atoms with van der Waals surface area (Å²) in [6.45, 7) is 9.90. The van der Waals surface area contributed by atoms with Gasteiger partial charge in [-0.2, -0.15) is 54.0 Å². The van der Waals surface area contributed by atoms with E-state index in [9.17, 15) is 9.59 Å². The quantitative estimate of drug-likeness (QED) is 0.161. The molecule has 5 heterocycles. The number of amides is 2. The third kappa shape index (κ3) is 8.58. The first kappa shape index (κ1) is 43.4. The summed E-state index contributed by atoms with van der Waals surface area (Å²) in [6, 6.07) is 18.3. The summed E-state index contributed by atoms with van der Waals surface area (Å²) in [6.07, 6.45) is 7.13. The zero-order valence-corrected chi connectivity index (χ0v) is 36.0. The Morgan fingerprint density at radius 3 is 2.28 bits per heavy atom. The van der Waals surface area contributed by atoms with Crippen LogP contribution in [-0.2, 0) is 9.59 Å². The minimum Gasteiger partial charge on any atom is -0.340 e. The van der Waals surface area contributed by atoms with Gasteiger partial charge in [-0.1, -0.05) is 50.8 Å². The van der Waals surface area contributed by atoms with Crippen LogP contribution in [0.25, 0.3) is 22.3 Å². The van der Waals surface area contributed by atoms with Crippen LogP contribution < -0.4 is 0 Å². The van der Waals surface area contributed by atoms with E-state index in [1.54, 1.807) is 11.3 Å². The molecule has 2 saturated heterocycles. The van der Waals surface area contributed by atoms with Crippen LogP contribution in [-0.4, -0.2) is 54.6 Å². The van der Waals surface area contributed by atoms with Crippen LogP contribution in [0.1, 0.15) is 105 Å². The average molecular weight is 821 g/mol. The van der Waals surface area contributed by atoms with Crippen molar-refractivity contribution in [1.82, 2.24) is 29.7 Å². The van der Waals surface area contributed by atoms with Crippen molar-refractivity contribution in [3.05, 3.63) is 93.8 Å². The van der Waals surface area contributed by atoms with Gasteiger partial charge in [0.2, 0.25) is 11.8 Å². The van der Waals surface area contributed by atoms with Crippen LogP contribution in [0.15, 0.2) is 66.2 Å². The molecule has 4 atom stereocenters. The molecule has 0 radical (unpaired) electrons. The minimum absolute atomic E-state index is 0. The van der Waals surface area contributed by atoms with Crippen molar-refractivity contribution in [3.8, 4) is 23.1 Å². The number of H-pyrrole nitrogens is 2. The van der Waals surface area contributed by atoms with Gasteiger partial charge in [0.05, 0.1) is 40.9 Å². The SMILES string of the molecule is CC(C)[C@H](C)C(=O)N1CC2(CC2)C[C@H]1c1nc2ccc(C#Cc3ccc(-c4cnc([C@@H]5CCCN5C(=O)[C@H](C)c5cccs5)[nH]4)cc3)cc2[nH]1.S.S.S.S. The maximum Gasteiger partial charge on any atom is 0.231 e. The molecule has 2 aromatic carbocycles. The summed E-state index contributed by atoms with van der Waals surface area (Å²) in [7, 11) is 0. The number of rotatable bonds is 7. The second-order valence-corrected chi connectivity index (χ2v) is 16.0. The minimum atomic E-state index is -0.148. The van der Waals surface area contributed by atoms with E-state index in [1.807, 2.05) is 59.8 Å². The Labute approximate surface area is 350 Å². The van der Waals surface area contributed by atoms with Crippen LogP contribution in [0.2, 0.25) is 0 Å². The zero-order valence-electron chi connectivity index (χ0n) is 31.2. The number of aromatic nitrogens is 4. The van der Waals surface area contributed by atoms with Gasteiger partial charge in [0.15, 0.2) is 0 Å². The molecule has 8 rings (SSSR count). The molecule has 2 N–H and O–H groups in total. The lowest BCUT2D eigenvalue weighted by Crippen LogP contribution is -2.37. The highest BCUT2D eigenvalue weighted by Crippen LogP contribution is 2.58. The number of nitrogens with one attached hydrogen (secondary N) is 2. The van der Waals surface area contributed by atoms with Gasteiger partial charge in [-0.05, 0) is 97.7 Å². The second kappa shape index (κ2) is 17.7. The number of nitrogens with zero attached hydrogens (tertiary/aromatic N) is 4. The van der Waals surface area contributed by atoms with Crippen molar-refractivity contribution >= 4 is 88.2 Å². The fourth-order valence-electron chi connectivity index (χ4n) is 7.64. The Kier molecular flexibility index (Phi) is 14.2. The molecular formula is C41H52N6O2S5. The molecule has 3 fully saturated rings. The third-order valence-corrected chi connectivity index (χ3v) is 12.3. The normalized spacial score (nSPS) is 19.2. The highest BCUT2D eigenvalue weighted by atomic mass is 32.1. The zero-order chi connectivity index (χ0) is 34.6. The van der Waals surface area contributed by atoms with Crippen LogP contribution in [0.4, 0.5) is 0 Å². The first-order valence-corrected chi connectivity index (χ1v) is 18.9. The first-order chi connectivity index (χ1) is 24.2. The third-order valence-electron chi connectivity index (χ3n) is 11.3. The largest absolute Gasteiger partial charge is 0.340 e. The Balaban J connectivity index is 0.00000162. The Bertz CT molecular complexity index is 2110. The number of imidazole rings is 2. The molecule has 3 aliphatic rings. The number of benzene rings is 2. The van der Waals surface area contributed by atoms with Crippen molar-refractivity contribution in [2.24, 2.45) is 17.3 Å². The van der Waals surface area contributed by atoms with Crippen molar-refractivity contribution < 1.29 is 9.59 Å². The fraction of sp³-hybridized carbons (Fsp3) is 0.415. The van der Waals surface area contributed by atoms with Crippen molar-refractivity contribution in [1.29, 1.82) is 0 Å². The van der Waals surface area contributed by atoms with Crippen LogP contribution in [0.3, 0.4) is 0 Å². The molecule has 288 valence electrons. The van der Waals surface area contributed by atoms with Gasteiger partial charge in [-0.3, -0.25) is 9.59 Å². The summed E-state index contributed by atoms with van der Waals surface area (Å²) in [5.74, 6) is 8.93. The number of aromatic amines is 2. The molecule has 1 aliphatic carbocycles. The lowest BCUT2D eigenvalue weighted by atomic mass is 9.96. The Hall–Kier alpha value is -3.28. The van der Waals surface area contributed by atoms with Gasteiger partial charge in [0, 0.05) is 35.0 Å². The van der Waals surface area contributed by atoms with Crippen LogP contribution in [0, 0.1) is 29.1 Å². The molecule has 3 aromatic heterocycles. The van der Waals surface area contributed by atoms with Gasteiger partial charge in [0.1, 0.15) is 11.6 Å². The van der Waals surface area contributed by atoms with Gasteiger partial charge in [-0.25, -0.2) is 9.97 Å². The second-order valence-electron chi connectivity index (χ2n) is 15.0. The summed E-state index contributed by atoms with van der Waals surface area (Å²) in [4.78, 5) is 48.8. The predicted octanol–water partition coefficient (Wildman–Crippen LogP) is 8.68. The Morgan fingerprint density at radius 2 is 1.59 bits per heavy atom. The molecular weight excluding hydrogens is 769 g/mol. The molecule has 0 unspecified atom stereocenters. The molecule has 0 bridgehead atoms. The van der Waals surface area contributed by atoms with E-state index in [1.165, 1.54) is 12.8 Å². The summed E-state index contributed by atoms with van der Waals surface area (Å²) < 4.78 is 0. The standard InChI is InChI=1S/C41H44N6O2S.4H2S/c1-25(2)26(3)39(48)47-24-41(17-18-41)22-35(47)38-43-31-16-13-29(21-32(31)44-38)10-9-28-11-14-30(15-12-28)33-23-42-37(45-33)34-7-5-19-46(34)40(49)27(4)36-8-6-20-50-36;;;;/h6,8,11-16,20-21,23,25-27,34-35H,5,7,17-19,22,24H2,1-4H3,(H,42,45)(H,43,44);4*1H2/t26-,27+,34-,35-;;;;/m0..../s1.